The third kappa shape index (κ3) is 8.12. The van der Waals surface area contributed by atoms with Crippen LogP contribution in [0.25, 0.3) is 0 Å². The molecule has 0 spiro atoms. The molecule has 0 amide bonds. The molecular weight excluding hydrogens is 323 g/mol. The standard InChI is InChI=1S/C19H31FN2O3/c20-19-18(8-7-10-22-19)25-11-6-4-2-1-3-5-9-21-15-12-16(23)14-17(24)13-15/h7-8,10,15-17,21,23-24H,1-6,9,11-14H2. The summed E-state index contributed by atoms with van der Waals surface area (Å²) in [7, 11) is 0. The SMILES string of the molecule is OC1CC(O)CC(NCCCCCCCCOc2cccnc2F)C1. The Bertz CT molecular complexity index is 479. The first-order chi connectivity index (χ1) is 12.1. The fourth-order valence-corrected chi connectivity index (χ4v) is 3.33. The van der Waals surface area contributed by atoms with Gasteiger partial charge in [0.15, 0.2) is 5.75 Å². The maximum atomic E-state index is 13.2. The summed E-state index contributed by atoms with van der Waals surface area (Å²) in [6.07, 6.45) is 9.28. The number of hydrogen-bond acceptors (Lipinski definition) is 5. The van der Waals surface area contributed by atoms with Crippen molar-refractivity contribution in [3.8, 4) is 5.75 Å². The molecule has 1 aliphatic carbocycles. The van der Waals surface area contributed by atoms with E-state index in [1.807, 2.05) is 0 Å². The fourth-order valence-electron chi connectivity index (χ4n) is 3.33. The Morgan fingerprint density at radius 1 is 1.04 bits per heavy atom. The third-order valence-corrected chi connectivity index (χ3v) is 4.64. The molecule has 1 saturated carbocycles. The van der Waals surface area contributed by atoms with E-state index in [4.69, 9.17) is 4.74 Å². The van der Waals surface area contributed by atoms with Gasteiger partial charge in [0.25, 0.3) is 5.95 Å². The molecule has 1 aliphatic rings. The number of pyridine rings is 1. The second-order valence-corrected chi connectivity index (χ2v) is 6.93. The lowest BCUT2D eigenvalue weighted by atomic mass is 9.90. The molecule has 2 rings (SSSR count). The second-order valence-electron chi connectivity index (χ2n) is 6.93. The lowest BCUT2D eigenvalue weighted by Crippen LogP contribution is -2.41. The van der Waals surface area contributed by atoms with E-state index in [0.717, 1.165) is 45.1 Å². The highest BCUT2D eigenvalue weighted by Gasteiger charge is 2.25. The highest BCUT2D eigenvalue weighted by Crippen LogP contribution is 2.19. The van der Waals surface area contributed by atoms with Gasteiger partial charge in [0.05, 0.1) is 18.8 Å². The first kappa shape index (κ1) is 20.1. The van der Waals surface area contributed by atoms with Crippen molar-refractivity contribution in [2.75, 3.05) is 13.2 Å². The molecule has 0 radical (unpaired) electrons. The minimum Gasteiger partial charge on any atom is -0.489 e. The minimum atomic E-state index is -0.548. The van der Waals surface area contributed by atoms with Crippen LogP contribution in [0.15, 0.2) is 18.3 Å². The van der Waals surface area contributed by atoms with Gasteiger partial charge < -0.3 is 20.3 Å². The summed E-state index contributed by atoms with van der Waals surface area (Å²) in [6.45, 7) is 1.46. The number of aliphatic hydroxyl groups excluding tert-OH is 2. The minimum absolute atomic E-state index is 0.228. The highest BCUT2D eigenvalue weighted by molar-refractivity contribution is 5.17. The Kier molecular flexibility index (Phi) is 9.15. The largest absolute Gasteiger partial charge is 0.489 e. The van der Waals surface area contributed by atoms with E-state index >= 15 is 0 Å². The van der Waals surface area contributed by atoms with Gasteiger partial charge in [0, 0.05) is 12.2 Å². The van der Waals surface area contributed by atoms with Crippen LogP contribution in [0.3, 0.4) is 0 Å². The predicted molar refractivity (Wildman–Crippen MR) is 95.0 cm³/mol. The van der Waals surface area contributed by atoms with Crippen molar-refractivity contribution in [1.82, 2.24) is 10.3 Å². The number of rotatable bonds is 11. The van der Waals surface area contributed by atoms with Crippen LogP contribution in [0.2, 0.25) is 0 Å². The highest BCUT2D eigenvalue weighted by atomic mass is 19.1. The van der Waals surface area contributed by atoms with Crippen LogP contribution in [0, 0.1) is 5.95 Å². The van der Waals surface area contributed by atoms with Crippen molar-refractivity contribution < 1.29 is 19.3 Å². The average Bonchev–Trinajstić information content (AvgIpc) is 2.57. The Morgan fingerprint density at radius 2 is 1.72 bits per heavy atom. The maximum absolute atomic E-state index is 13.2. The van der Waals surface area contributed by atoms with Gasteiger partial charge in [-0.15, -0.1) is 0 Å². The maximum Gasteiger partial charge on any atom is 0.255 e. The number of unbranched alkanes of at least 4 members (excludes halogenated alkanes) is 5. The summed E-state index contributed by atoms with van der Waals surface area (Å²) in [4.78, 5) is 3.55. The van der Waals surface area contributed by atoms with Gasteiger partial charge >= 0.3 is 0 Å². The Morgan fingerprint density at radius 3 is 2.44 bits per heavy atom. The lowest BCUT2D eigenvalue weighted by Gasteiger charge is -2.30. The van der Waals surface area contributed by atoms with Gasteiger partial charge in [-0.2, -0.15) is 4.39 Å². The smallest absolute Gasteiger partial charge is 0.255 e. The molecule has 0 bridgehead atoms. The molecule has 1 aromatic rings. The van der Waals surface area contributed by atoms with Gasteiger partial charge in [-0.05, 0) is 50.8 Å². The van der Waals surface area contributed by atoms with E-state index in [1.165, 1.54) is 19.0 Å². The van der Waals surface area contributed by atoms with Crippen LogP contribution < -0.4 is 10.1 Å². The van der Waals surface area contributed by atoms with E-state index in [1.54, 1.807) is 12.1 Å². The van der Waals surface area contributed by atoms with Gasteiger partial charge in [-0.3, -0.25) is 0 Å². The summed E-state index contributed by atoms with van der Waals surface area (Å²) in [5, 5.41) is 22.7. The monoisotopic (exact) mass is 354 g/mol. The molecule has 0 saturated heterocycles. The molecule has 1 fully saturated rings. The van der Waals surface area contributed by atoms with Gasteiger partial charge in [-0.25, -0.2) is 4.98 Å². The number of nitrogens with zero attached hydrogens (tertiary/aromatic N) is 1. The van der Waals surface area contributed by atoms with E-state index in [9.17, 15) is 14.6 Å². The van der Waals surface area contributed by atoms with Crippen LogP contribution in [-0.2, 0) is 0 Å². The Balaban J connectivity index is 1.39. The zero-order chi connectivity index (χ0) is 17.9. The van der Waals surface area contributed by atoms with Crippen molar-refractivity contribution in [3.63, 3.8) is 0 Å². The normalized spacial score (nSPS) is 23.6. The van der Waals surface area contributed by atoms with Crippen LogP contribution in [0.1, 0.15) is 57.8 Å². The predicted octanol–water partition coefficient (Wildman–Crippen LogP) is 2.80. The Hall–Kier alpha value is -1.24. The van der Waals surface area contributed by atoms with Crippen molar-refractivity contribution >= 4 is 0 Å². The molecule has 142 valence electrons. The summed E-state index contributed by atoms with van der Waals surface area (Å²) < 4.78 is 18.6. The number of aromatic nitrogens is 1. The van der Waals surface area contributed by atoms with E-state index in [2.05, 4.69) is 10.3 Å². The molecule has 6 heteroatoms. The molecule has 2 unspecified atom stereocenters. The van der Waals surface area contributed by atoms with Crippen LogP contribution in [-0.4, -0.2) is 46.6 Å². The summed E-state index contributed by atoms with van der Waals surface area (Å²) in [6, 6.07) is 3.50. The van der Waals surface area contributed by atoms with E-state index in [0.29, 0.717) is 13.0 Å². The molecule has 1 aromatic heterocycles. The molecule has 5 nitrogen and oxygen atoms in total. The van der Waals surface area contributed by atoms with Crippen LogP contribution >= 0.6 is 0 Å². The lowest BCUT2D eigenvalue weighted by molar-refractivity contribution is 0.0251. The first-order valence-corrected chi connectivity index (χ1v) is 9.48. The fraction of sp³-hybridized carbons (Fsp3) is 0.737. The van der Waals surface area contributed by atoms with Crippen molar-refractivity contribution in [2.24, 2.45) is 0 Å². The number of aliphatic hydroxyl groups is 2. The summed E-state index contributed by atoms with van der Waals surface area (Å²) in [5.41, 5.74) is 0. The molecule has 1 heterocycles. The third-order valence-electron chi connectivity index (χ3n) is 4.64. The molecule has 0 aliphatic heterocycles. The average molecular weight is 354 g/mol. The summed E-state index contributed by atoms with van der Waals surface area (Å²) >= 11 is 0. The number of ether oxygens (including phenoxy) is 1. The summed E-state index contributed by atoms with van der Waals surface area (Å²) in [5.74, 6) is -0.320. The zero-order valence-corrected chi connectivity index (χ0v) is 14.9. The van der Waals surface area contributed by atoms with Gasteiger partial charge in [0.2, 0.25) is 0 Å². The van der Waals surface area contributed by atoms with Gasteiger partial charge in [-0.1, -0.05) is 25.7 Å². The first-order valence-electron chi connectivity index (χ1n) is 9.48. The van der Waals surface area contributed by atoms with Gasteiger partial charge in [0.1, 0.15) is 0 Å². The topological polar surface area (TPSA) is 74.6 Å². The quantitative estimate of drug-likeness (QED) is 0.421. The zero-order valence-electron chi connectivity index (χ0n) is 14.9. The molecular formula is C19H31FN2O3. The van der Waals surface area contributed by atoms with Crippen LogP contribution in [0.5, 0.6) is 5.75 Å². The molecule has 2 atom stereocenters. The molecule has 0 aromatic carbocycles. The number of nitrogens with one attached hydrogen (secondary N) is 1. The molecule has 3 N–H and O–H groups in total. The van der Waals surface area contributed by atoms with E-state index < -0.39 is 5.95 Å². The Labute approximate surface area is 149 Å². The molecule has 25 heavy (non-hydrogen) atoms. The second kappa shape index (κ2) is 11.4. The number of hydrogen-bond donors (Lipinski definition) is 3. The van der Waals surface area contributed by atoms with Crippen molar-refractivity contribution in [2.45, 2.75) is 76.0 Å². The van der Waals surface area contributed by atoms with Crippen molar-refractivity contribution in [1.29, 1.82) is 0 Å². The van der Waals surface area contributed by atoms with Crippen molar-refractivity contribution in [3.05, 3.63) is 24.3 Å². The number of halogens is 1. The van der Waals surface area contributed by atoms with E-state index in [-0.39, 0.29) is 24.0 Å². The van der Waals surface area contributed by atoms with Crippen LogP contribution in [0.4, 0.5) is 4.39 Å².